The van der Waals surface area contributed by atoms with Crippen LogP contribution in [0.25, 0.3) is 0 Å². The average molecular weight is 350 g/mol. The maximum Gasteiger partial charge on any atom is 0.272 e. The number of carbonyl (C=O) groups is 1. The van der Waals surface area contributed by atoms with Gasteiger partial charge in [0.15, 0.2) is 0 Å². The number of pyridine rings is 1. The van der Waals surface area contributed by atoms with Crippen molar-refractivity contribution in [1.29, 1.82) is 0 Å². The van der Waals surface area contributed by atoms with Crippen molar-refractivity contribution >= 4 is 17.8 Å². The third kappa shape index (κ3) is 3.06. The monoisotopic (exact) mass is 350 g/mol. The Labute approximate surface area is 152 Å². The summed E-state index contributed by atoms with van der Waals surface area (Å²) in [5.41, 5.74) is 6.09. The minimum Gasteiger partial charge on any atom is -0.347 e. The predicted octanol–water partition coefficient (Wildman–Crippen LogP) is 2.41. The molecule has 0 aliphatic carbocycles. The topological polar surface area (TPSA) is 66.7 Å². The molecule has 6 heteroatoms. The summed E-state index contributed by atoms with van der Waals surface area (Å²) in [6.45, 7) is 4.33. The van der Waals surface area contributed by atoms with E-state index in [0.717, 1.165) is 5.70 Å². The van der Waals surface area contributed by atoms with E-state index >= 15 is 0 Å². The van der Waals surface area contributed by atoms with Crippen LogP contribution in [0.1, 0.15) is 29.8 Å². The van der Waals surface area contributed by atoms with Gasteiger partial charge in [-0.05, 0) is 23.8 Å². The number of aromatic nitrogens is 1. The van der Waals surface area contributed by atoms with Crippen LogP contribution in [0.4, 0.5) is 5.69 Å². The number of hydrazone groups is 1. The van der Waals surface area contributed by atoms with Gasteiger partial charge in [0.2, 0.25) is 5.56 Å². The Hall–Kier alpha value is -3.15. The Kier molecular flexibility index (Phi) is 4.50. The zero-order chi connectivity index (χ0) is 18.9. The molecule has 1 aromatic heterocycles. The van der Waals surface area contributed by atoms with Gasteiger partial charge in [-0.1, -0.05) is 32.0 Å². The van der Waals surface area contributed by atoms with Gasteiger partial charge in [-0.3, -0.25) is 9.59 Å². The first-order valence-corrected chi connectivity index (χ1v) is 8.36. The van der Waals surface area contributed by atoms with E-state index in [1.807, 2.05) is 25.3 Å². The molecule has 0 atom stereocenters. The summed E-state index contributed by atoms with van der Waals surface area (Å²) in [4.78, 5) is 25.6. The maximum atomic E-state index is 12.1. The molecule has 2 heterocycles. The van der Waals surface area contributed by atoms with E-state index in [-0.39, 0.29) is 16.9 Å². The van der Waals surface area contributed by atoms with Crippen molar-refractivity contribution in [2.75, 3.05) is 11.9 Å². The van der Waals surface area contributed by atoms with E-state index in [1.165, 1.54) is 34.1 Å². The lowest BCUT2D eigenvalue weighted by atomic mass is 9.84. The van der Waals surface area contributed by atoms with Gasteiger partial charge in [0.25, 0.3) is 5.91 Å². The van der Waals surface area contributed by atoms with Crippen molar-refractivity contribution in [1.82, 2.24) is 9.99 Å². The number of carbonyl (C=O) groups excluding carboxylic acids is 1. The normalized spacial score (nSPS) is 16.9. The molecule has 1 aliphatic heterocycles. The van der Waals surface area contributed by atoms with Gasteiger partial charge in [0, 0.05) is 49.4 Å². The molecule has 134 valence electrons. The third-order valence-corrected chi connectivity index (χ3v) is 4.76. The zero-order valence-electron chi connectivity index (χ0n) is 15.4. The fourth-order valence-electron chi connectivity index (χ4n) is 3.30. The summed E-state index contributed by atoms with van der Waals surface area (Å²) in [7, 11) is 3.62. The Morgan fingerprint density at radius 1 is 1.15 bits per heavy atom. The van der Waals surface area contributed by atoms with E-state index < -0.39 is 0 Å². The summed E-state index contributed by atoms with van der Waals surface area (Å²) in [5.74, 6) is -0.363. The second-order valence-electron chi connectivity index (χ2n) is 6.84. The largest absolute Gasteiger partial charge is 0.347 e. The first-order valence-electron chi connectivity index (χ1n) is 8.36. The lowest BCUT2D eigenvalue weighted by molar-refractivity contribution is 0.0954. The fraction of sp³-hybridized carbons (Fsp3) is 0.250. The van der Waals surface area contributed by atoms with Crippen LogP contribution in [0.15, 0.2) is 64.3 Å². The van der Waals surface area contributed by atoms with E-state index in [4.69, 9.17) is 0 Å². The zero-order valence-corrected chi connectivity index (χ0v) is 15.4. The summed E-state index contributed by atoms with van der Waals surface area (Å²) in [6, 6.07) is 11.1. The van der Waals surface area contributed by atoms with Gasteiger partial charge in [-0.15, -0.1) is 0 Å². The molecule has 26 heavy (non-hydrogen) atoms. The molecule has 0 fully saturated rings. The molecular weight excluding hydrogens is 328 g/mol. The van der Waals surface area contributed by atoms with Crippen LogP contribution in [-0.4, -0.2) is 23.7 Å². The van der Waals surface area contributed by atoms with Crippen molar-refractivity contribution in [2.24, 2.45) is 12.1 Å². The molecule has 0 saturated carbocycles. The molecule has 1 aromatic carbocycles. The van der Waals surface area contributed by atoms with Crippen molar-refractivity contribution < 1.29 is 4.79 Å². The maximum absolute atomic E-state index is 12.1. The van der Waals surface area contributed by atoms with Crippen molar-refractivity contribution in [3.8, 4) is 0 Å². The van der Waals surface area contributed by atoms with Crippen molar-refractivity contribution in [2.45, 2.75) is 19.3 Å². The molecule has 3 rings (SSSR count). The smallest absolute Gasteiger partial charge is 0.272 e. The highest BCUT2D eigenvalue weighted by Gasteiger charge is 2.37. The van der Waals surface area contributed by atoms with Crippen LogP contribution in [0, 0.1) is 0 Å². The number of nitrogens with one attached hydrogen (secondary N) is 1. The summed E-state index contributed by atoms with van der Waals surface area (Å²) >= 11 is 0. The first-order chi connectivity index (χ1) is 12.3. The Bertz CT molecular complexity index is 970. The van der Waals surface area contributed by atoms with Crippen LogP contribution in [0.5, 0.6) is 0 Å². The summed E-state index contributed by atoms with van der Waals surface area (Å²) < 4.78 is 1.35. The van der Waals surface area contributed by atoms with Gasteiger partial charge >= 0.3 is 0 Å². The molecule has 1 aliphatic rings. The number of anilines is 1. The molecule has 6 nitrogen and oxygen atoms in total. The number of nitrogens with zero attached hydrogens (tertiary/aromatic N) is 3. The quantitative estimate of drug-likeness (QED) is 0.683. The van der Waals surface area contributed by atoms with Crippen LogP contribution >= 0.6 is 0 Å². The lowest BCUT2D eigenvalue weighted by Crippen LogP contribution is -2.24. The standard InChI is InChI=1S/C20H22N4O2/c1-20(2)15-7-5-6-8-16(15)24(4)17(20)11-12-21-22-19(26)14-9-10-18(25)23(3)13-14/h5-13H,1-4H3,(H,22,26)/b17-11-,21-12+. The Balaban J connectivity index is 1.74. The number of aryl methyl sites for hydroxylation is 1. The van der Waals surface area contributed by atoms with Gasteiger partial charge in [-0.25, -0.2) is 5.43 Å². The van der Waals surface area contributed by atoms with E-state index in [0.29, 0.717) is 5.56 Å². The molecule has 1 amide bonds. The Morgan fingerprint density at radius 2 is 1.88 bits per heavy atom. The van der Waals surface area contributed by atoms with Crippen LogP contribution in [0.2, 0.25) is 0 Å². The number of allylic oxidation sites excluding steroid dienone is 2. The number of para-hydroxylation sites is 1. The number of fused-ring (bicyclic) bond motifs is 1. The minimum absolute atomic E-state index is 0.140. The van der Waals surface area contributed by atoms with Gasteiger partial charge in [0.05, 0.1) is 5.56 Å². The summed E-state index contributed by atoms with van der Waals surface area (Å²) in [6.07, 6.45) is 4.97. The number of benzene rings is 1. The van der Waals surface area contributed by atoms with Crippen molar-refractivity contribution in [3.05, 3.63) is 75.8 Å². The first kappa shape index (κ1) is 17.7. The van der Waals surface area contributed by atoms with Gasteiger partial charge < -0.3 is 9.47 Å². The highest BCUT2D eigenvalue weighted by atomic mass is 16.2. The number of hydrogen-bond acceptors (Lipinski definition) is 4. The van der Waals surface area contributed by atoms with E-state index in [9.17, 15) is 9.59 Å². The number of amides is 1. The van der Waals surface area contributed by atoms with Crippen molar-refractivity contribution in [3.63, 3.8) is 0 Å². The van der Waals surface area contributed by atoms with E-state index in [2.05, 4.69) is 41.4 Å². The number of rotatable bonds is 3. The number of hydrogen-bond donors (Lipinski definition) is 1. The van der Waals surface area contributed by atoms with Crippen LogP contribution < -0.4 is 15.9 Å². The predicted molar refractivity (Wildman–Crippen MR) is 104 cm³/mol. The molecule has 0 spiro atoms. The van der Waals surface area contributed by atoms with Crippen LogP contribution in [-0.2, 0) is 12.5 Å². The molecular formula is C20H22N4O2. The van der Waals surface area contributed by atoms with Gasteiger partial charge in [-0.2, -0.15) is 5.10 Å². The molecule has 2 aromatic rings. The highest BCUT2D eigenvalue weighted by Crippen LogP contribution is 2.46. The second kappa shape index (κ2) is 6.63. The fourth-order valence-corrected chi connectivity index (χ4v) is 3.30. The average Bonchev–Trinajstić information content (AvgIpc) is 2.81. The molecule has 0 saturated heterocycles. The minimum atomic E-state index is -0.363. The molecule has 1 N–H and O–H groups in total. The molecule has 0 unspecified atom stereocenters. The SMILES string of the molecule is CN1/C(=C\C=N\NC(=O)c2ccc(=O)n(C)c2)C(C)(C)c2ccccc21. The molecule has 0 radical (unpaired) electrons. The lowest BCUT2D eigenvalue weighted by Gasteiger charge is -2.23. The summed E-state index contributed by atoms with van der Waals surface area (Å²) in [5, 5.41) is 4.01. The second-order valence-corrected chi connectivity index (χ2v) is 6.84. The Morgan fingerprint density at radius 3 is 2.58 bits per heavy atom. The third-order valence-electron chi connectivity index (χ3n) is 4.76. The van der Waals surface area contributed by atoms with Gasteiger partial charge in [0.1, 0.15) is 0 Å². The highest BCUT2D eigenvalue weighted by molar-refractivity contribution is 5.94. The molecule has 0 bridgehead atoms. The number of likely N-dealkylation sites (N-methyl/N-ethyl adjacent to an activating group) is 1. The van der Waals surface area contributed by atoms with E-state index in [1.54, 1.807) is 13.3 Å². The van der Waals surface area contributed by atoms with Crippen LogP contribution in [0.3, 0.4) is 0 Å².